The minimum atomic E-state index is -0.326. The Hall–Kier alpha value is -2.61. The van der Waals surface area contributed by atoms with E-state index in [1.165, 1.54) is 16.8 Å². The largest absolute Gasteiger partial charge is 0.336 e. The lowest BCUT2D eigenvalue weighted by Gasteiger charge is -2.25. The first-order valence-electron chi connectivity index (χ1n) is 7.77. The average molecular weight is 330 g/mol. The molecule has 1 aliphatic rings. The van der Waals surface area contributed by atoms with Gasteiger partial charge in [-0.1, -0.05) is 12.1 Å². The van der Waals surface area contributed by atoms with E-state index in [0.717, 1.165) is 19.5 Å². The molecule has 1 saturated heterocycles. The van der Waals surface area contributed by atoms with Crippen LogP contribution >= 0.6 is 0 Å². The first-order chi connectivity index (χ1) is 11.6. The predicted molar refractivity (Wildman–Crippen MR) is 87.2 cm³/mol. The molecule has 0 radical (unpaired) electrons. The average Bonchev–Trinajstić information content (AvgIpc) is 3.25. The lowest BCUT2D eigenvalue weighted by Crippen LogP contribution is -2.39. The summed E-state index contributed by atoms with van der Waals surface area (Å²) >= 11 is 0. The highest BCUT2D eigenvalue weighted by atomic mass is 19.1. The van der Waals surface area contributed by atoms with Gasteiger partial charge in [-0.2, -0.15) is 4.68 Å². The summed E-state index contributed by atoms with van der Waals surface area (Å²) in [5.74, 6) is 0.00543. The first-order valence-corrected chi connectivity index (χ1v) is 7.77. The monoisotopic (exact) mass is 330 g/mol. The van der Waals surface area contributed by atoms with E-state index in [1.807, 2.05) is 0 Å². The summed E-state index contributed by atoms with van der Waals surface area (Å²) in [6.45, 7) is 3.38. The van der Waals surface area contributed by atoms with E-state index in [-0.39, 0.29) is 17.8 Å². The SMILES string of the molecule is Cc1nnnn1C(=Cc1ccc(F)cc1)C(=O)N(C)C1CCNC1. The van der Waals surface area contributed by atoms with Gasteiger partial charge >= 0.3 is 0 Å². The minimum Gasteiger partial charge on any atom is -0.336 e. The second-order valence-electron chi connectivity index (χ2n) is 5.78. The van der Waals surface area contributed by atoms with Crippen LogP contribution in [-0.2, 0) is 4.79 Å². The Balaban J connectivity index is 1.97. The van der Waals surface area contributed by atoms with Crippen LogP contribution in [0.1, 0.15) is 17.8 Å². The second kappa shape index (κ2) is 6.88. The van der Waals surface area contributed by atoms with Gasteiger partial charge in [0.25, 0.3) is 5.91 Å². The molecule has 1 aromatic heterocycles. The number of likely N-dealkylation sites (N-methyl/N-ethyl adjacent to an activating group) is 1. The Morgan fingerprint density at radius 1 is 1.42 bits per heavy atom. The van der Waals surface area contributed by atoms with E-state index in [1.54, 1.807) is 37.1 Å². The summed E-state index contributed by atoms with van der Waals surface area (Å²) in [5.41, 5.74) is 1.03. The number of amides is 1. The number of nitrogens with zero attached hydrogens (tertiary/aromatic N) is 5. The van der Waals surface area contributed by atoms with Crippen LogP contribution in [0.25, 0.3) is 11.8 Å². The molecule has 1 amide bonds. The maximum atomic E-state index is 13.1. The fourth-order valence-electron chi connectivity index (χ4n) is 2.70. The van der Waals surface area contributed by atoms with Gasteiger partial charge in [0.15, 0.2) is 5.82 Å². The third-order valence-corrected chi connectivity index (χ3v) is 4.15. The van der Waals surface area contributed by atoms with Crippen molar-refractivity contribution in [3.63, 3.8) is 0 Å². The number of tetrazole rings is 1. The maximum Gasteiger partial charge on any atom is 0.272 e. The van der Waals surface area contributed by atoms with E-state index in [9.17, 15) is 9.18 Å². The van der Waals surface area contributed by atoms with Gasteiger partial charge in [-0.05, 0) is 54.1 Å². The number of hydrogen-bond donors (Lipinski definition) is 1. The lowest BCUT2D eigenvalue weighted by molar-refractivity contribution is -0.125. The van der Waals surface area contributed by atoms with Crippen LogP contribution in [0.5, 0.6) is 0 Å². The Morgan fingerprint density at radius 3 is 2.75 bits per heavy atom. The summed E-state index contributed by atoms with van der Waals surface area (Å²) in [4.78, 5) is 14.7. The van der Waals surface area contributed by atoms with Crippen LogP contribution in [0.2, 0.25) is 0 Å². The topological polar surface area (TPSA) is 75.9 Å². The molecule has 8 heteroatoms. The van der Waals surface area contributed by atoms with Gasteiger partial charge in [0, 0.05) is 19.6 Å². The van der Waals surface area contributed by atoms with Gasteiger partial charge in [0.2, 0.25) is 0 Å². The van der Waals surface area contributed by atoms with Crippen LogP contribution < -0.4 is 5.32 Å². The van der Waals surface area contributed by atoms with Crippen molar-refractivity contribution in [2.45, 2.75) is 19.4 Å². The molecular weight excluding hydrogens is 311 g/mol. The van der Waals surface area contributed by atoms with Crippen molar-refractivity contribution >= 4 is 17.7 Å². The molecule has 0 aliphatic carbocycles. The fraction of sp³-hybridized carbons (Fsp3) is 0.375. The van der Waals surface area contributed by atoms with E-state index in [4.69, 9.17) is 0 Å². The minimum absolute atomic E-state index is 0.130. The smallest absolute Gasteiger partial charge is 0.272 e. The third-order valence-electron chi connectivity index (χ3n) is 4.15. The van der Waals surface area contributed by atoms with Crippen molar-refractivity contribution in [2.75, 3.05) is 20.1 Å². The van der Waals surface area contributed by atoms with E-state index in [2.05, 4.69) is 20.8 Å². The van der Waals surface area contributed by atoms with Crippen LogP contribution in [0.3, 0.4) is 0 Å². The molecule has 1 aromatic carbocycles. The maximum absolute atomic E-state index is 13.1. The quantitative estimate of drug-likeness (QED) is 0.845. The van der Waals surface area contributed by atoms with Gasteiger partial charge < -0.3 is 10.2 Å². The van der Waals surface area contributed by atoms with Crippen molar-refractivity contribution < 1.29 is 9.18 Å². The Bertz CT molecular complexity index is 748. The third kappa shape index (κ3) is 3.33. The van der Waals surface area contributed by atoms with Gasteiger partial charge in [0.1, 0.15) is 11.5 Å². The van der Waals surface area contributed by atoms with Gasteiger partial charge in [-0.25, -0.2) is 4.39 Å². The Labute approximate surface area is 139 Å². The molecule has 2 heterocycles. The molecule has 1 aliphatic heterocycles. The van der Waals surface area contributed by atoms with Gasteiger partial charge in [-0.15, -0.1) is 5.10 Å². The molecule has 126 valence electrons. The molecular formula is C16H19FN6O. The number of carbonyl (C=O) groups excluding carboxylic acids is 1. The first kappa shape index (κ1) is 16.3. The number of halogens is 1. The molecule has 0 bridgehead atoms. The molecule has 1 atom stereocenters. The van der Waals surface area contributed by atoms with Crippen molar-refractivity contribution in [3.8, 4) is 0 Å². The summed E-state index contributed by atoms with van der Waals surface area (Å²) in [7, 11) is 1.78. The highest BCUT2D eigenvalue weighted by molar-refractivity contribution is 6.18. The highest BCUT2D eigenvalue weighted by Crippen LogP contribution is 2.17. The highest BCUT2D eigenvalue weighted by Gasteiger charge is 2.27. The van der Waals surface area contributed by atoms with E-state index >= 15 is 0 Å². The van der Waals surface area contributed by atoms with Gasteiger partial charge in [0.05, 0.1) is 0 Å². The zero-order valence-corrected chi connectivity index (χ0v) is 13.6. The summed E-state index contributed by atoms with van der Waals surface area (Å²) in [6.07, 6.45) is 2.57. The van der Waals surface area contributed by atoms with Crippen LogP contribution in [0, 0.1) is 12.7 Å². The number of aryl methyl sites for hydroxylation is 1. The van der Waals surface area contributed by atoms with Crippen LogP contribution in [0.4, 0.5) is 4.39 Å². The van der Waals surface area contributed by atoms with Crippen molar-refractivity contribution in [2.24, 2.45) is 0 Å². The lowest BCUT2D eigenvalue weighted by atomic mass is 10.1. The van der Waals surface area contributed by atoms with Crippen molar-refractivity contribution in [1.82, 2.24) is 30.4 Å². The zero-order chi connectivity index (χ0) is 17.1. The standard InChI is InChI=1S/C16H19FN6O/c1-11-19-20-21-23(11)15(9-12-3-5-13(17)6-4-12)16(24)22(2)14-7-8-18-10-14/h3-6,9,14,18H,7-8,10H2,1-2H3. The number of benzene rings is 1. The van der Waals surface area contributed by atoms with Crippen LogP contribution in [0.15, 0.2) is 24.3 Å². The van der Waals surface area contributed by atoms with Crippen molar-refractivity contribution in [3.05, 3.63) is 41.5 Å². The van der Waals surface area contributed by atoms with Crippen LogP contribution in [-0.4, -0.2) is 57.2 Å². The number of hydrogen-bond acceptors (Lipinski definition) is 5. The second-order valence-corrected chi connectivity index (χ2v) is 5.78. The summed E-state index contributed by atoms with van der Waals surface area (Å²) in [5, 5.41) is 14.6. The molecule has 7 nitrogen and oxygen atoms in total. The Morgan fingerprint density at radius 2 is 2.17 bits per heavy atom. The van der Waals surface area contributed by atoms with E-state index in [0.29, 0.717) is 17.1 Å². The number of rotatable bonds is 4. The number of nitrogens with one attached hydrogen (secondary N) is 1. The Kier molecular flexibility index (Phi) is 4.66. The normalized spacial score (nSPS) is 18.0. The fourth-order valence-corrected chi connectivity index (χ4v) is 2.70. The molecule has 1 unspecified atom stereocenters. The van der Waals surface area contributed by atoms with Gasteiger partial charge in [-0.3, -0.25) is 4.79 Å². The molecule has 0 spiro atoms. The number of aromatic nitrogens is 4. The van der Waals surface area contributed by atoms with Crippen molar-refractivity contribution in [1.29, 1.82) is 0 Å². The number of carbonyl (C=O) groups is 1. The predicted octanol–water partition coefficient (Wildman–Crippen LogP) is 0.939. The zero-order valence-electron chi connectivity index (χ0n) is 13.6. The molecule has 2 aromatic rings. The van der Waals surface area contributed by atoms with E-state index < -0.39 is 0 Å². The molecule has 1 fully saturated rings. The summed E-state index contributed by atoms with van der Waals surface area (Å²) in [6, 6.07) is 6.06. The molecule has 1 N–H and O–H groups in total. The molecule has 3 rings (SSSR count). The summed E-state index contributed by atoms with van der Waals surface area (Å²) < 4.78 is 14.5. The molecule has 0 saturated carbocycles. The molecule has 24 heavy (non-hydrogen) atoms.